The van der Waals surface area contributed by atoms with Crippen LogP contribution in [0, 0.1) is 0 Å². The molecule has 0 amide bonds. The normalized spacial score (nSPS) is 14.5. The van der Waals surface area contributed by atoms with Crippen LogP contribution < -0.4 is 0 Å². The molecule has 108 valence electrons. The molecule has 0 aliphatic carbocycles. The van der Waals surface area contributed by atoms with Gasteiger partial charge in [-0.15, -0.1) is 0 Å². The van der Waals surface area contributed by atoms with Gasteiger partial charge in [0.2, 0.25) is 0 Å². The fraction of sp³-hybridized carbons (Fsp3) is 0.600. The van der Waals surface area contributed by atoms with Crippen LogP contribution >= 0.6 is 11.6 Å². The third-order valence-electron chi connectivity index (χ3n) is 3.92. The van der Waals surface area contributed by atoms with Crippen molar-refractivity contribution in [1.82, 2.24) is 0 Å². The molecule has 1 rings (SSSR count). The van der Waals surface area contributed by atoms with E-state index in [0.717, 1.165) is 11.1 Å². The van der Waals surface area contributed by atoms with E-state index in [4.69, 9.17) is 16.0 Å². The van der Waals surface area contributed by atoms with Crippen molar-refractivity contribution in [1.29, 1.82) is 0 Å². The lowest BCUT2D eigenvalue weighted by molar-refractivity contribution is 0.199. The van der Waals surface area contributed by atoms with Gasteiger partial charge in [0, 0.05) is 5.02 Å². The van der Waals surface area contributed by atoms with Crippen LogP contribution in [0.2, 0.25) is 23.2 Å². The van der Waals surface area contributed by atoms with Gasteiger partial charge >= 0.3 is 0 Å². The number of aliphatic hydroxyl groups excluding tert-OH is 1. The lowest BCUT2D eigenvalue weighted by Gasteiger charge is -2.36. The molecule has 1 N–H and O–H groups in total. The van der Waals surface area contributed by atoms with Crippen LogP contribution in [-0.4, -0.2) is 13.4 Å². The zero-order valence-electron chi connectivity index (χ0n) is 12.7. The second-order valence-corrected chi connectivity index (χ2v) is 11.8. The standard InChI is InChI=1S/C15H25ClO2Si/c1-11(17)13-8-7-12(9-14(13)16)10-18-19(5,6)15(2,3)4/h7-9,11,17H,10H2,1-6H3/t11-/m0/s1. The highest BCUT2D eigenvalue weighted by Gasteiger charge is 2.37. The molecule has 0 saturated heterocycles. The molecule has 2 nitrogen and oxygen atoms in total. The third kappa shape index (κ3) is 4.31. The zero-order chi connectivity index (χ0) is 14.8. The van der Waals surface area contributed by atoms with E-state index in [2.05, 4.69) is 33.9 Å². The fourth-order valence-corrected chi connectivity index (χ4v) is 2.80. The Morgan fingerprint density at radius 1 is 1.32 bits per heavy atom. The molecule has 0 aromatic heterocycles. The summed E-state index contributed by atoms with van der Waals surface area (Å²) in [5.74, 6) is 0. The maximum atomic E-state index is 9.55. The molecule has 1 atom stereocenters. The van der Waals surface area contributed by atoms with E-state index in [9.17, 15) is 5.11 Å². The molecule has 1 aromatic carbocycles. The molecule has 19 heavy (non-hydrogen) atoms. The second-order valence-electron chi connectivity index (χ2n) is 6.58. The molecule has 0 bridgehead atoms. The van der Waals surface area contributed by atoms with Crippen molar-refractivity contribution >= 4 is 19.9 Å². The van der Waals surface area contributed by atoms with E-state index in [-0.39, 0.29) is 5.04 Å². The Morgan fingerprint density at radius 3 is 2.32 bits per heavy atom. The van der Waals surface area contributed by atoms with Crippen molar-refractivity contribution in [2.75, 3.05) is 0 Å². The van der Waals surface area contributed by atoms with Crippen molar-refractivity contribution < 1.29 is 9.53 Å². The molecule has 0 fully saturated rings. The fourth-order valence-electron chi connectivity index (χ4n) is 1.48. The van der Waals surface area contributed by atoms with Gasteiger partial charge in [-0.2, -0.15) is 0 Å². The average molecular weight is 301 g/mol. The maximum Gasteiger partial charge on any atom is 0.192 e. The summed E-state index contributed by atoms with van der Waals surface area (Å²) in [6.45, 7) is 13.4. The van der Waals surface area contributed by atoms with Crippen molar-refractivity contribution in [3.8, 4) is 0 Å². The predicted octanol–water partition coefficient (Wildman–Crippen LogP) is 4.92. The Labute approximate surface area is 122 Å². The highest BCUT2D eigenvalue weighted by Crippen LogP contribution is 2.37. The largest absolute Gasteiger partial charge is 0.413 e. The van der Waals surface area contributed by atoms with Gasteiger partial charge in [-0.25, -0.2) is 0 Å². The summed E-state index contributed by atoms with van der Waals surface area (Å²) in [6.07, 6.45) is -0.539. The first-order valence-electron chi connectivity index (χ1n) is 6.65. The number of halogens is 1. The van der Waals surface area contributed by atoms with E-state index in [1.54, 1.807) is 6.92 Å². The zero-order valence-corrected chi connectivity index (χ0v) is 14.5. The van der Waals surface area contributed by atoms with Gasteiger partial charge in [0.05, 0.1) is 12.7 Å². The summed E-state index contributed by atoms with van der Waals surface area (Å²) in [5, 5.41) is 10.4. The summed E-state index contributed by atoms with van der Waals surface area (Å²) in [4.78, 5) is 0. The van der Waals surface area contributed by atoms with Crippen LogP contribution in [0.4, 0.5) is 0 Å². The van der Waals surface area contributed by atoms with Gasteiger partial charge in [0.15, 0.2) is 8.32 Å². The molecule has 0 heterocycles. The first-order chi connectivity index (χ1) is 8.54. The van der Waals surface area contributed by atoms with Crippen LogP contribution in [0.1, 0.15) is 44.9 Å². The molecular weight excluding hydrogens is 276 g/mol. The van der Waals surface area contributed by atoms with Crippen LogP contribution in [0.25, 0.3) is 0 Å². The first kappa shape index (κ1) is 16.7. The Balaban J connectivity index is 2.77. The number of hydrogen-bond donors (Lipinski definition) is 1. The molecule has 4 heteroatoms. The minimum absolute atomic E-state index is 0.205. The average Bonchev–Trinajstić information content (AvgIpc) is 2.24. The lowest BCUT2D eigenvalue weighted by Crippen LogP contribution is -2.40. The van der Waals surface area contributed by atoms with Crippen LogP contribution in [0.15, 0.2) is 18.2 Å². The molecule has 0 saturated carbocycles. The van der Waals surface area contributed by atoms with E-state index >= 15 is 0 Å². The number of aliphatic hydroxyl groups is 1. The maximum absolute atomic E-state index is 9.55. The van der Waals surface area contributed by atoms with Crippen LogP contribution in [0.3, 0.4) is 0 Å². The van der Waals surface area contributed by atoms with Gasteiger partial charge in [-0.1, -0.05) is 44.5 Å². The van der Waals surface area contributed by atoms with Crippen molar-refractivity contribution in [2.24, 2.45) is 0 Å². The SMILES string of the molecule is C[C@H](O)c1ccc(CO[Si](C)(C)C(C)(C)C)cc1Cl. The Kier molecular flexibility index (Phi) is 5.24. The van der Waals surface area contributed by atoms with Crippen molar-refractivity contribution in [3.63, 3.8) is 0 Å². The molecule has 0 radical (unpaired) electrons. The summed E-state index contributed by atoms with van der Waals surface area (Å²) in [6, 6.07) is 5.73. The quantitative estimate of drug-likeness (QED) is 0.800. The molecule has 1 aromatic rings. The van der Waals surface area contributed by atoms with Gasteiger partial charge in [-0.3, -0.25) is 0 Å². The Morgan fingerprint density at radius 2 is 1.89 bits per heavy atom. The van der Waals surface area contributed by atoms with Crippen molar-refractivity contribution in [3.05, 3.63) is 34.3 Å². The third-order valence-corrected chi connectivity index (χ3v) is 8.73. The number of benzene rings is 1. The molecule has 0 spiro atoms. The molecular formula is C15H25ClO2Si. The van der Waals surface area contributed by atoms with Gasteiger partial charge < -0.3 is 9.53 Å². The summed E-state index contributed by atoms with van der Waals surface area (Å²) < 4.78 is 6.15. The van der Waals surface area contributed by atoms with E-state index in [1.165, 1.54) is 0 Å². The second kappa shape index (κ2) is 5.96. The van der Waals surface area contributed by atoms with Crippen molar-refractivity contribution in [2.45, 2.75) is 58.5 Å². The molecule has 0 aliphatic heterocycles. The smallest absolute Gasteiger partial charge is 0.192 e. The van der Waals surface area contributed by atoms with Gasteiger partial charge in [0.1, 0.15) is 0 Å². The monoisotopic (exact) mass is 300 g/mol. The summed E-state index contributed by atoms with van der Waals surface area (Å²) in [5.41, 5.74) is 1.82. The molecule has 0 unspecified atom stereocenters. The van der Waals surface area contributed by atoms with E-state index < -0.39 is 14.4 Å². The van der Waals surface area contributed by atoms with Gasteiger partial charge in [-0.05, 0) is 42.2 Å². The highest BCUT2D eigenvalue weighted by atomic mass is 35.5. The van der Waals surface area contributed by atoms with Crippen LogP contribution in [-0.2, 0) is 11.0 Å². The lowest BCUT2D eigenvalue weighted by atomic mass is 10.1. The summed E-state index contributed by atoms with van der Waals surface area (Å²) >= 11 is 6.16. The van der Waals surface area contributed by atoms with Gasteiger partial charge in [0.25, 0.3) is 0 Å². The topological polar surface area (TPSA) is 29.5 Å². The predicted molar refractivity (Wildman–Crippen MR) is 84.1 cm³/mol. The number of rotatable bonds is 4. The van der Waals surface area contributed by atoms with Crippen LogP contribution in [0.5, 0.6) is 0 Å². The minimum atomic E-state index is -1.73. The van der Waals surface area contributed by atoms with E-state index in [0.29, 0.717) is 11.6 Å². The molecule has 0 aliphatic rings. The minimum Gasteiger partial charge on any atom is -0.413 e. The Hall–Kier alpha value is -0.353. The number of hydrogen-bond acceptors (Lipinski definition) is 2. The first-order valence-corrected chi connectivity index (χ1v) is 9.93. The van der Waals surface area contributed by atoms with E-state index in [1.807, 2.05) is 18.2 Å². The summed E-state index contributed by atoms with van der Waals surface area (Å²) in [7, 11) is -1.73. The Bertz CT molecular complexity index is 436. The highest BCUT2D eigenvalue weighted by molar-refractivity contribution is 6.74.